The molecule has 0 aliphatic heterocycles. The van der Waals surface area contributed by atoms with Gasteiger partial charge in [-0.2, -0.15) is 5.26 Å². The molecule has 32 heavy (non-hydrogen) atoms. The Labute approximate surface area is 187 Å². The standard InChI is InChI=1S/C26H21FN2O2S/c1-17-3-5-19(6-4-17)25-21(16-28)15-24(18-9-13-23(14-10-18)32(2,30)31)26(29-25)20-7-11-22(27)12-8-20/h3,5-15,17H,4H2,1-2H3. The number of rotatable bonds is 4. The van der Waals surface area contributed by atoms with Gasteiger partial charge in [0.1, 0.15) is 11.9 Å². The lowest BCUT2D eigenvalue weighted by atomic mass is 9.92. The molecule has 1 atom stereocenters. The maximum Gasteiger partial charge on any atom is 0.175 e. The molecule has 4 rings (SSSR count). The highest BCUT2D eigenvalue weighted by Crippen LogP contribution is 2.35. The summed E-state index contributed by atoms with van der Waals surface area (Å²) in [6.45, 7) is 2.12. The highest BCUT2D eigenvalue weighted by Gasteiger charge is 2.18. The normalized spacial score (nSPS) is 15.8. The minimum absolute atomic E-state index is 0.210. The monoisotopic (exact) mass is 444 g/mol. The number of hydrogen-bond acceptors (Lipinski definition) is 4. The first-order valence-corrected chi connectivity index (χ1v) is 12.1. The molecule has 4 nitrogen and oxygen atoms in total. The van der Waals surface area contributed by atoms with Crippen LogP contribution in [0, 0.1) is 23.1 Å². The minimum Gasteiger partial charge on any atom is -0.246 e. The molecular weight excluding hydrogens is 423 g/mol. The van der Waals surface area contributed by atoms with Gasteiger partial charge in [0.25, 0.3) is 0 Å². The number of hydrogen-bond donors (Lipinski definition) is 0. The van der Waals surface area contributed by atoms with Gasteiger partial charge >= 0.3 is 0 Å². The SMILES string of the molecule is CC1C=CC(c2nc(-c3ccc(F)cc3)c(-c3ccc(S(C)(=O)=O)cc3)cc2C#N)=CC1. The molecule has 160 valence electrons. The fraction of sp³-hybridized carbons (Fsp3) is 0.154. The topological polar surface area (TPSA) is 70.8 Å². The first kappa shape index (κ1) is 21.7. The number of halogens is 1. The zero-order chi connectivity index (χ0) is 22.9. The predicted molar refractivity (Wildman–Crippen MR) is 124 cm³/mol. The zero-order valence-corrected chi connectivity index (χ0v) is 18.5. The first-order valence-electron chi connectivity index (χ1n) is 10.2. The van der Waals surface area contributed by atoms with Crippen LogP contribution in [0.2, 0.25) is 0 Å². The Morgan fingerprint density at radius 3 is 2.25 bits per heavy atom. The van der Waals surface area contributed by atoms with Crippen LogP contribution in [0.25, 0.3) is 28.0 Å². The van der Waals surface area contributed by atoms with Crippen molar-refractivity contribution in [2.45, 2.75) is 18.2 Å². The second-order valence-electron chi connectivity index (χ2n) is 7.93. The van der Waals surface area contributed by atoms with Gasteiger partial charge in [-0.25, -0.2) is 17.8 Å². The van der Waals surface area contributed by atoms with E-state index in [9.17, 15) is 18.1 Å². The van der Waals surface area contributed by atoms with Crippen molar-refractivity contribution in [3.63, 3.8) is 0 Å². The number of aromatic nitrogens is 1. The number of nitriles is 1. The third kappa shape index (κ3) is 4.39. The molecule has 0 bridgehead atoms. The zero-order valence-electron chi connectivity index (χ0n) is 17.7. The van der Waals surface area contributed by atoms with E-state index in [2.05, 4.69) is 25.1 Å². The molecule has 0 saturated carbocycles. The van der Waals surface area contributed by atoms with Crippen molar-refractivity contribution in [1.29, 1.82) is 5.26 Å². The lowest BCUT2D eigenvalue weighted by Crippen LogP contribution is -2.02. The average Bonchev–Trinajstić information content (AvgIpc) is 2.79. The first-order chi connectivity index (χ1) is 15.3. The van der Waals surface area contributed by atoms with Crippen LogP contribution < -0.4 is 0 Å². The third-order valence-electron chi connectivity index (χ3n) is 5.44. The maximum absolute atomic E-state index is 13.6. The second-order valence-corrected chi connectivity index (χ2v) is 9.94. The second kappa shape index (κ2) is 8.52. The third-order valence-corrected chi connectivity index (χ3v) is 6.57. The Balaban J connectivity index is 1.93. The average molecular weight is 445 g/mol. The van der Waals surface area contributed by atoms with E-state index in [1.807, 2.05) is 6.08 Å². The van der Waals surface area contributed by atoms with Crippen molar-refractivity contribution in [1.82, 2.24) is 4.98 Å². The van der Waals surface area contributed by atoms with Gasteiger partial charge < -0.3 is 0 Å². The molecule has 0 N–H and O–H groups in total. The summed E-state index contributed by atoms with van der Waals surface area (Å²) < 4.78 is 37.3. The summed E-state index contributed by atoms with van der Waals surface area (Å²) >= 11 is 0. The number of sulfone groups is 1. The summed E-state index contributed by atoms with van der Waals surface area (Å²) in [5.41, 5.74) is 4.56. The number of pyridine rings is 1. The van der Waals surface area contributed by atoms with Gasteiger partial charge in [0.05, 0.1) is 21.8 Å². The lowest BCUT2D eigenvalue weighted by Gasteiger charge is -2.17. The molecule has 6 heteroatoms. The summed E-state index contributed by atoms with van der Waals surface area (Å²) in [4.78, 5) is 5.07. The van der Waals surface area contributed by atoms with Gasteiger partial charge in [0, 0.05) is 17.4 Å². The van der Waals surface area contributed by atoms with Crippen LogP contribution in [0.1, 0.15) is 24.6 Å². The van der Waals surface area contributed by atoms with Crippen LogP contribution in [0.15, 0.2) is 77.7 Å². The molecule has 1 aliphatic rings. The van der Waals surface area contributed by atoms with Crippen LogP contribution in [-0.4, -0.2) is 19.7 Å². The van der Waals surface area contributed by atoms with Crippen molar-refractivity contribution in [2.24, 2.45) is 5.92 Å². The van der Waals surface area contributed by atoms with Crippen molar-refractivity contribution < 1.29 is 12.8 Å². The summed E-state index contributed by atoms with van der Waals surface area (Å²) in [5.74, 6) is 0.0714. The molecule has 3 aromatic rings. The Bertz CT molecular complexity index is 1380. The van der Waals surface area contributed by atoms with Gasteiger partial charge in [-0.05, 0) is 65.9 Å². The largest absolute Gasteiger partial charge is 0.246 e. The molecule has 1 aromatic heterocycles. The summed E-state index contributed by atoms with van der Waals surface area (Å²) in [7, 11) is -3.33. The number of benzene rings is 2. The fourth-order valence-corrected chi connectivity index (χ4v) is 4.28. The van der Waals surface area contributed by atoms with E-state index in [4.69, 9.17) is 4.98 Å². The Morgan fingerprint density at radius 2 is 1.69 bits per heavy atom. The van der Waals surface area contributed by atoms with E-state index >= 15 is 0 Å². The minimum atomic E-state index is -3.33. The molecule has 0 spiro atoms. The van der Waals surface area contributed by atoms with Crippen LogP contribution in [0.4, 0.5) is 4.39 Å². The van der Waals surface area contributed by atoms with Crippen molar-refractivity contribution >= 4 is 15.4 Å². The predicted octanol–water partition coefficient (Wildman–Crippen LogP) is 5.81. The van der Waals surface area contributed by atoms with Crippen molar-refractivity contribution in [3.8, 4) is 28.5 Å². The van der Waals surface area contributed by atoms with Crippen molar-refractivity contribution in [3.05, 3.63) is 89.9 Å². The highest BCUT2D eigenvalue weighted by atomic mass is 32.2. The van der Waals surface area contributed by atoms with Crippen LogP contribution in [-0.2, 0) is 9.84 Å². The van der Waals surface area contributed by atoms with E-state index in [1.165, 1.54) is 24.3 Å². The molecule has 0 saturated heterocycles. The highest BCUT2D eigenvalue weighted by molar-refractivity contribution is 7.90. The molecule has 0 amide bonds. The molecule has 2 aromatic carbocycles. The summed E-state index contributed by atoms with van der Waals surface area (Å²) in [6, 6.07) is 16.5. The Morgan fingerprint density at radius 1 is 1.03 bits per heavy atom. The molecule has 1 unspecified atom stereocenters. The maximum atomic E-state index is 13.6. The van der Waals surface area contributed by atoms with Crippen LogP contribution in [0.5, 0.6) is 0 Å². The fourth-order valence-electron chi connectivity index (χ4n) is 3.65. The van der Waals surface area contributed by atoms with Gasteiger partial charge in [-0.15, -0.1) is 0 Å². The quantitative estimate of drug-likeness (QED) is 0.509. The van der Waals surface area contributed by atoms with Crippen molar-refractivity contribution in [2.75, 3.05) is 6.26 Å². The number of allylic oxidation sites excluding steroid dienone is 4. The van der Waals surface area contributed by atoms with Gasteiger partial charge in [-0.1, -0.05) is 37.3 Å². The van der Waals surface area contributed by atoms with Gasteiger partial charge in [0.2, 0.25) is 0 Å². The Kier molecular flexibility index (Phi) is 5.77. The van der Waals surface area contributed by atoms with Gasteiger partial charge in [-0.3, -0.25) is 0 Å². The van der Waals surface area contributed by atoms with E-state index in [0.29, 0.717) is 39.6 Å². The smallest absolute Gasteiger partial charge is 0.175 e. The Hall–Kier alpha value is -3.56. The lowest BCUT2D eigenvalue weighted by molar-refractivity contribution is 0.602. The molecular formula is C26H21FN2O2S. The van der Waals surface area contributed by atoms with Crippen LogP contribution in [0.3, 0.4) is 0 Å². The molecule has 0 radical (unpaired) electrons. The molecule has 0 fully saturated rings. The van der Waals surface area contributed by atoms with Gasteiger partial charge in [0.15, 0.2) is 9.84 Å². The summed E-state index contributed by atoms with van der Waals surface area (Å²) in [5, 5.41) is 9.85. The van der Waals surface area contributed by atoms with E-state index < -0.39 is 9.84 Å². The van der Waals surface area contributed by atoms with E-state index in [1.54, 1.807) is 30.3 Å². The van der Waals surface area contributed by atoms with Crippen LogP contribution >= 0.6 is 0 Å². The molecule has 1 heterocycles. The number of nitrogens with zero attached hydrogens (tertiary/aromatic N) is 2. The van der Waals surface area contributed by atoms with E-state index in [0.717, 1.165) is 18.2 Å². The summed E-state index contributed by atoms with van der Waals surface area (Å²) in [6.07, 6.45) is 8.16. The van der Waals surface area contributed by atoms with E-state index in [-0.39, 0.29) is 10.7 Å². The molecule has 1 aliphatic carbocycles.